The van der Waals surface area contributed by atoms with Crippen LogP contribution in [0.25, 0.3) is 0 Å². The first-order valence-corrected chi connectivity index (χ1v) is 11.0. The summed E-state index contributed by atoms with van der Waals surface area (Å²) in [5.74, 6) is 0.915. The van der Waals surface area contributed by atoms with Gasteiger partial charge in [0.05, 0.1) is 0 Å². The van der Waals surface area contributed by atoms with E-state index in [1.54, 1.807) is 0 Å². The monoisotopic (exact) mass is 361 g/mol. The molecule has 0 radical (unpaired) electrons. The Morgan fingerprint density at radius 1 is 0.692 bits per heavy atom. The molecule has 0 aliphatic heterocycles. The van der Waals surface area contributed by atoms with Crippen LogP contribution in [-0.2, 0) is 0 Å². The fourth-order valence-electron chi connectivity index (χ4n) is 3.52. The predicted octanol–water partition coefficient (Wildman–Crippen LogP) is 4.67. The SMILES string of the molecule is CNc1ccc(O[Si](c2ccccc2)(c2ccccc2)C(C)(C)C)cc1. The van der Waals surface area contributed by atoms with Gasteiger partial charge in [0.15, 0.2) is 0 Å². The minimum Gasteiger partial charge on any atom is -0.534 e. The van der Waals surface area contributed by atoms with Crippen LogP contribution in [0.5, 0.6) is 5.75 Å². The smallest absolute Gasteiger partial charge is 0.319 e. The van der Waals surface area contributed by atoms with Gasteiger partial charge in [-0.15, -0.1) is 0 Å². The van der Waals surface area contributed by atoms with Gasteiger partial charge in [-0.05, 0) is 39.7 Å². The van der Waals surface area contributed by atoms with Gasteiger partial charge in [-0.1, -0.05) is 81.4 Å². The molecule has 0 saturated carbocycles. The van der Waals surface area contributed by atoms with Crippen LogP contribution in [0.2, 0.25) is 5.04 Å². The van der Waals surface area contributed by atoms with Gasteiger partial charge in [0.2, 0.25) is 0 Å². The second kappa shape index (κ2) is 7.38. The highest BCUT2D eigenvalue weighted by Crippen LogP contribution is 2.37. The van der Waals surface area contributed by atoms with Crippen molar-refractivity contribution in [3.8, 4) is 5.75 Å². The summed E-state index contributed by atoms with van der Waals surface area (Å²) in [6, 6.07) is 29.7. The van der Waals surface area contributed by atoms with Crippen molar-refractivity contribution in [3.63, 3.8) is 0 Å². The van der Waals surface area contributed by atoms with Crippen molar-refractivity contribution >= 4 is 24.4 Å². The molecule has 3 heteroatoms. The fraction of sp³-hybridized carbons (Fsp3) is 0.217. The minimum absolute atomic E-state index is 0.0304. The Morgan fingerprint density at radius 2 is 1.15 bits per heavy atom. The zero-order chi connectivity index (χ0) is 18.6. The number of anilines is 1. The summed E-state index contributed by atoms with van der Waals surface area (Å²) in [6.45, 7) is 6.88. The molecular weight excluding hydrogens is 334 g/mol. The molecule has 2 nitrogen and oxygen atoms in total. The lowest BCUT2D eigenvalue weighted by Crippen LogP contribution is -2.68. The van der Waals surface area contributed by atoms with Crippen LogP contribution in [0, 0.1) is 0 Å². The molecule has 26 heavy (non-hydrogen) atoms. The third-order valence-corrected chi connectivity index (χ3v) is 9.78. The third kappa shape index (κ3) is 3.40. The highest BCUT2D eigenvalue weighted by Gasteiger charge is 2.52. The van der Waals surface area contributed by atoms with E-state index in [9.17, 15) is 0 Å². The van der Waals surface area contributed by atoms with E-state index < -0.39 is 8.32 Å². The Labute approximate surface area is 158 Å². The maximum absolute atomic E-state index is 6.95. The maximum Gasteiger partial charge on any atom is 0.319 e. The van der Waals surface area contributed by atoms with Gasteiger partial charge in [-0.2, -0.15) is 0 Å². The highest BCUT2D eigenvalue weighted by molar-refractivity contribution is 7.00. The van der Waals surface area contributed by atoms with Crippen molar-refractivity contribution < 1.29 is 4.43 Å². The summed E-state index contributed by atoms with van der Waals surface area (Å²) >= 11 is 0. The molecule has 0 aliphatic rings. The quantitative estimate of drug-likeness (QED) is 0.667. The Balaban J connectivity index is 2.19. The summed E-state index contributed by atoms with van der Waals surface area (Å²) in [5.41, 5.74) is 1.08. The standard InChI is InChI=1S/C23H27NOSi/c1-23(2,3)26(21-11-7-5-8-12-21,22-13-9-6-10-14-22)25-20-17-15-19(24-4)16-18-20/h5-18,24H,1-4H3. The van der Waals surface area contributed by atoms with Crippen molar-refractivity contribution in [2.24, 2.45) is 0 Å². The molecule has 0 aliphatic carbocycles. The second-order valence-electron chi connectivity index (χ2n) is 7.54. The van der Waals surface area contributed by atoms with Gasteiger partial charge in [0, 0.05) is 12.7 Å². The molecule has 3 aromatic rings. The average molecular weight is 362 g/mol. The van der Waals surface area contributed by atoms with Gasteiger partial charge >= 0.3 is 8.32 Å². The first-order valence-electron chi connectivity index (χ1n) is 9.05. The molecule has 0 heterocycles. The van der Waals surface area contributed by atoms with Crippen molar-refractivity contribution in [1.82, 2.24) is 0 Å². The summed E-state index contributed by atoms with van der Waals surface area (Å²) in [6.07, 6.45) is 0. The van der Waals surface area contributed by atoms with Crippen molar-refractivity contribution in [3.05, 3.63) is 84.9 Å². The molecule has 0 fully saturated rings. The normalized spacial score (nSPS) is 11.8. The van der Waals surface area contributed by atoms with Gasteiger partial charge in [0.25, 0.3) is 0 Å². The average Bonchev–Trinajstić information content (AvgIpc) is 2.67. The Bertz CT molecular complexity index is 784. The number of nitrogens with one attached hydrogen (secondary N) is 1. The first kappa shape index (κ1) is 18.3. The Kier molecular flexibility index (Phi) is 5.19. The van der Waals surface area contributed by atoms with Gasteiger partial charge in [0.1, 0.15) is 5.75 Å². The van der Waals surface area contributed by atoms with Crippen molar-refractivity contribution in [2.75, 3.05) is 12.4 Å². The number of rotatable bonds is 5. The first-order chi connectivity index (χ1) is 12.5. The molecule has 3 rings (SSSR count). The van der Waals surface area contributed by atoms with Crippen LogP contribution in [0.15, 0.2) is 84.9 Å². The van der Waals surface area contributed by atoms with Gasteiger partial charge in [-0.25, -0.2) is 0 Å². The molecular formula is C23H27NOSi. The summed E-state index contributed by atoms with van der Waals surface area (Å²) in [7, 11) is -0.610. The lowest BCUT2D eigenvalue weighted by Gasteiger charge is -2.43. The third-order valence-electron chi connectivity index (χ3n) is 4.83. The lowest BCUT2D eigenvalue weighted by molar-refractivity contribution is 0.508. The molecule has 0 saturated heterocycles. The van der Waals surface area contributed by atoms with Crippen molar-refractivity contribution in [1.29, 1.82) is 0 Å². The van der Waals surface area contributed by atoms with Crippen LogP contribution < -0.4 is 20.1 Å². The Morgan fingerprint density at radius 3 is 1.54 bits per heavy atom. The second-order valence-corrected chi connectivity index (χ2v) is 11.8. The predicted molar refractivity (Wildman–Crippen MR) is 114 cm³/mol. The van der Waals surface area contributed by atoms with Crippen LogP contribution in [0.4, 0.5) is 5.69 Å². The van der Waals surface area contributed by atoms with Crippen molar-refractivity contribution in [2.45, 2.75) is 25.8 Å². The van der Waals surface area contributed by atoms with Gasteiger partial charge in [-0.3, -0.25) is 0 Å². The topological polar surface area (TPSA) is 21.3 Å². The molecule has 1 N–H and O–H groups in total. The molecule has 0 amide bonds. The summed E-state index contributed by atoms with van der Waals surface area (Å²) in [5, 5.41) is 5.71. The van der Waals surface area contributed by atoms with E-state index >= 15 is 0 Å². The van der Waals surface area contributed by atoms with E-state index in [-0.39, 0.29) is 5.04 Å². The lowest BCUT2D eigenvalue weighted by atomic mass is 10.2. The molecule has 0 unspecified atom stereocenters. The van der Waals surface area contributed by atoms with E-state index in [4.69, 9.17) is 4.43 Å². The van der Waals surface area contributed by atoms with Crippen LogP contribution >= 0.6 is 0 Å². The van der Waals surface area contributed by atoms with Crippen LogP contribution in [-0.4, -0.2) is 15.4 Å². The van der Waals surface area contributed by atoms with Crippen LogP contribution in [0.3, 0.4) is 0 Å². The van der Waals surface area contributed by atoms with Gasteiger partial charge < -0.3 is 9.74 Å². The number of hydrogen-bond donors (Lipinski definition) is 1. The molecule has 0 atom stereocenters. The molecule has 0 spiro atoms. The van der Waals surface area contributed by atoms with E-state index in [0.29, 0.717) is 0 Å². The highest BCUT2D eigenvalue weighted by atomic mass is 28.4. The summed E-state index contributed by atoms with van der Waals surface area (Å²) < 4.78 is 6.95. The van der Waals surface area contributed by atoms with E-state index in [0.717, 1.165) is 11.4 Å². The molecule has 3 aromatic carbocycles. The zero-order valence-electron chi connectivity index (χ0n) is 16.0. The minimum atomic E-state index is -2.54. The molecule has 0 bridgehead atoms. The largest absolute Gasteiger partial charge is 0.534 e. The zero-order valence-corrected chi connectivity index (χ0v) is 17.0. The maximum atomic E-state index is 6.95. The number of hydrogen-bond acceptors (Lipinski definition) is 2. The number of benzene rings is 3. The van der Waals surface area contributed by atoms with Crippen LogP contribution in [0.1, 0.15) is 20.8 Å². The fourth-order valence-corrected chi connectivity index (χ4v) is 7.94. The van der Waals surface area contributed by atoms with E-state index in [1.165, 1.54) is 10.4 Å². The molecule has 0 aromatic heterocycles. The van der Waals surface area contributed by atoms with E-state index in [1.807, 2.05) is 7.05 Å². The summed E-state index contributed by atoms with van der Waals surface area (Å²) in [4.78, 5) is 0. The Hall–Kier alpha value is -2.52. The van der Waals surface area contributed by atoms with E-state index in [2.05, 4.69) is 111 Å². The molecule has 134 valence electrons.